The van der Waals surface area contributed by atoms with E-state index in [0.717, 1.165) is 47.1 Å². The minimum absolute atomic E-state index is 0.0902. The van der Waals surface area contributed by atoms with Gasteiger partial charge in [-0.1, -0.05) is 6.42 Å². The number of rotatable bonds is 6. The Morgan fingerprint density at radius 2 is 2.15 bits per heavy atom. The normalized spacial score (nSPS) is 19.9. The molecule has 2 heterocycles. The Morgan fingerprint density at radius 1 is 1.38 bits per heavy atom. The molecule has 0 aliphatic heterocycles. The second-order valence-electron chi connectivity index (χ2n) is 7.23. The van der Waals surface area contributed by atoms with Crippen molar-refractivity contribution in [3.63, 3.8) is 0 Å². The molecule has 3 rings (SSSR count). The Bertz CT molecular complexity index is 814. The maximum atomic E-state index is 12.4. The van der Waals surface area contributed by atoms with Crippen molar-refractivity contribution >= 4 is 16.9 Å². The predicted octanol–water partition coefficient (Wildman–Crippen LogP) is 1.77. The van der Waals surface area contributed by atoms with E-state index in [1.165, 1.54) is 0 Å². The van der Waals surface area contributed by atoms with Crippen LogP contribution in [0.4, 0.5) is 0 Å². The molecule has 1 fully saturated rings. The van der Waals surface area contributed by atoms with Crippen molar-refractivity contribution in [1.82, 2.24) is 20.1 Å². The summed E-state index contributed by atoms with van der Waals surface area (Å²) in [5.74, 6) is 1.09. The van der Waals surface area contributed by atoms with Crippen molar-refractivity contribution in [2.45, 2.75) is 52.0 Å². The van der Waals surface area contributed by atoms with Crippen LogP contribution in [0.1, 0.15) is 42.5 Å². The minimum Gasteiger partial charge on any atom is -0.479 e. The number of methoxy groups -OCH3 is 1. The van der Waals surface area contributed by atoms with E-state index in [0.29, 0.717) is 31.2 Å². The van der Waals surface area contributed by atoms with Gasteiger partial charge in [-0.2, -0.15) is 0 Å². The van der Waals surface area contributed by atoms with Crippen LogP contribution in [0.15, 0.2) is 0 Å². The van der Waals surface area contributed by atoms with Crippen LogP contribution in [-0.4, -0.2) is 40.4 Å². The number of nitrogens with zero attached hydrogens (tertiary/aromatic N) is 3. The first-order valence-electron chi connectivity index (χ1n) is 9.32. The number of carbonyl (C=O) groups excluding carboxylic acids is 1. The third-order valence-corrected chi connectivity index (χ3v) is 5.63. The van der Waals surface area contributed by atoms with Crippen LogP contribution in [0, 0.1) is 19.8 Å². The predicted molar refractivity (Wildman–Crippen MR) is 101 cm³/mol. The van der Waals surface area contributed by atoms with E-state index in [4.69, 9.17) is 10.5 Å². The summed E-state index contributed by atoms with van der Waals surface area (Å²) in [5.41, 5.74) is 9.74. The number of ether oxygens (including phenoxy) is 1. The molecule has 0 aromatic carbocycles. The topological polar surface area (TPSA) is 95.1 Å². The van der Waals surface area contributed by atoms with Crippen LogP contribution in [0.2, 0.25) is 0 Å². The number of carbonyl (C=O) groups is 1. The Kier molecular flexibility index (Phi) is 5.46. The lowest BCUT2D eigenvalue weighted by Crippen LogP contribution is -2.39. The Hall–Kier alpha value is -2.15. The molecule has 7 heteroatoms. The SMILES string of the molecule is COc1nn(C)c2nc(C)c(CCC(=O)NC3CCCC3CN)c(C)c12. The number of fused-ring (bicyclic) bond motifs is 1. The Labute approximate surface area is 154 Å². The minimum atomic E-state index is 0.0902. The van der Waals surface area contributed by atoms with Crippen molar-refractivity contribution in [2.75, 3.05) is 13.7 Å². The zero-order valence-corrected chi connectivity index (χ0v) is 16.1. The highest BCUT2D eigenvalue weighted by Crippen LogP contribution is 2.30. The Morgan fingerprint density at radius 3 is 2.85 bits per heavy atom. The number of amides is 1. The average molecular weight is 359 g/mol. The largest absolute Gasteiger partial charge is 0.479 e. The molecule has 1 aliphatic rings. The number of hydrogen-bond donors (Lipinski definition) is 2. The van der Waals surface area contributed by atoms with Gasteiger partial charge in [0.1, 0.15) is 0 Å². The Balaban J connectivity index is 1.75. The zero-order chi connectivity index (χ0) is 18.8. The van der Waals surface area contributed by atoms with Crippen LogP contribution in [0.25, 0.3) is 11.0 Å². The smallest absolute Gasteiger partial charge is 0.242 e. The summed E-state index contributed by atoms with van der Waals surface area (Å²) in [6, 6.07) is 0.230. The first kappa shape index (κ1) is 18.6. The molecule has 0 bridgehead atoms. The molecule has 142 valence electrons. The first-order valence-corrected chi connectivity index (χ1v) is 9.32. The van der Waals surface area contributed by atoms with Crippen LogP contribution >= 0.6 is 0 Å². The number of aryl methyl sites for hydroxylation is 3. The van der Waals surface area contributed by atoms with Gasteiger partial charge in [0.15, 0.2) is 5.65 Å². The van der Waals surface area contributed by atoms with Gasteiger partial charge in [-0.25, -0.2) is 9.67 Å². The maximum Gasteiger partial charge on any atom is 0.242 e. The lowest BCUT2D eigenvalue weighted by Gasteiger charge is -2.19. The van der Waals surface area contributed by atoms with E-state index in [1.807, 2.05) is 14.0 Å². The van der Waals surface area contributed by atoms with E-state index >= 15 is 0 Å². The van der Waals surface area contributed by atoms with Gasteiger partial charge >= 0.3 is 0 Å². The lowest BCUT2D eigenvalue weighted by atomic mass is 9.99. The molecular formula is C19H29N5O2. The van der Waals surface area contributed by atoms with Crippen molar-refractivity contribution in [2.24, 2.45) is 18.7 Å². The molecule has 0 saturated heterocycles. The number of nitrogens with one attached hydrogen (secondary N) is 1. The second kappa shape index (κ2) is 7.61. The van der Waals surface area contributed by atoms with Gasteiger partial charge in [-0.3, -0.25) is 4.79 Å². The molecule has 2 atom stereocenters. The molecule has 1 saturated carbocycles. The van der Waals surface area contributed by atoms with E-state index in [9.17, 15) is 4.79 Å². The van der Waals surface area contributed by atoms with Crippen LogP contribution in [-0.2, 0) is 18.3 Å². The fourth-order valence-electron chi connectivity index (χ4n) is 4.13. The zero-order valence-electron chi connectivity index (χ0n) is 16.1. The van der Waals surface area contributed by atoms with Crippen molar-refractivity contribution in [3.8, 4) is 5.88 Å². The monoisotopic (exact) mass is 359 g/mol. The molecule has 2 aromatic rings. The summed E-state index contributed by atoms with van der Waals surface area (Å²) in [5, 5.41) is 8.47. The van der Waals surface area contributed by atoms with E-state index < -0.39 is 0 Å². The van der Waals surface area contributed by atoms with Gasteiger partial charge in [0.05, 0.1) is 12.5 Å². The summed E-state index contributed by atoms with van der Waals surface area (Å²) in [6.07, 6.45) is 4.40. The van der Waals surface area contributed by atoms with Gasteiger partial charge in [0.2, 0.25) is 11.8 Å². The number of nitrogens with two attached hydrogens (primary N) is 1. The molecule has 7 nitrogen and oxygen atoms in total. The molecule has 26 heavy (non-hydrogen) atoms. The number of pyridine rings is 1. The van der Waals surface area contributed by atoms with Crippen molar-refractivity contribution in [3.05, 3.63) is 16.8 Å². The summed E-state index contributed by atoms with van der Waals surface area (Å²) >= 11 is 0. The highest BCUT2D eigenvalue weighted by Gasteiger charge is 2.27. The summed E-state index contributed by atoms with van der Waals surface area (Å²) in [6.45, 7) is 4.68. The fourth-order valence-corrected chi connectivity index (χ4v) is 4.13. The van der Waals surface area contributed by atoms with E-state index in [1.54, 1.807) is 11.8 Å². The molecule has 3 N–H and O–H groups in total. The third-order valence-electron chi connectivity index (χ3n) is 5.63. The lowest BCUT2D eigenvalue weighted by molar-refractivity contribution is -0.122. The quantitative estimate of drug-likeness (QED) is 0.820. The third kappa shape index (κ3) is 3.40. The molecule has 2 unspecified atom stereocenters. The number of aromatic nitrogens is 3. The first-order chi connectivity index (χ1) is 12.5. The van der Waals surface area contributed by atoms with Gasteiger partial charge in [0, 0.05) is 25.2 Å². The van der Waals surface area contributed by atoms with Crippen molar-refractivity contribution < 1.29 is 9.53 Å². The van der Waals surface area contributed by atoms with Gasteiger partial charge in [-0.05, 0) is 56.7 Å². The molecule has 0 radical (unpaired) electrons. The molecule has 1 amide bonds. The highest BCUT2D eigenvalue weighted by atomic mass is 16.5. The van der Waals surface area contributed by atoms with Gasteiger partial charge < -0.3 is 15.8 Å². The number of hydrogen-bond acceptors (Lipinski definition) is 5. The molecule has 1 aliphatic carbocycles. The van der Waals surface area contributed by atoms with E-state index in [-0.39, 0.29) is 11.9 Å². The molecule has 2 aromatic heterocycles. The van der Waals surface area contributed by atoms with Crippen LogP contribution in [0.3, 0.4) is 0 Å². The summed E-state index contributed by atoms with van der Waals surface area (Å²) in [4.78, 5) is 17.1. The van der Waals surface area contributed by atoms with E-state index in [2.05, 4.69) is 22.3 Å². The molecular weight excluding hydrogens is 330 g/mol. The maximum absolute atomic E-state index is 12.4. The molecule has 0 spiro atoms. The average Bonchev–Trinajstić information content (AvgIpc) is 3.18. The fraction of sp³-hybridized carbons (Fsp3) is 0.632. The van der Waals surface area contributed by atoms with Gasteiger partial charge in [0.25, 0.3) is 0 Å². The van der Waals surface area contributed by atoms with Crippen LogP contribution in [0.5, 0.6) is 5.88 Å². The van der Waals surface area contributed by atoms with Crippen molar-refractivity contribution in [1.29, 1.82) is 0 Å². The second-order valence-corrected chi connectivity index (χ2v) is 7.23. The summed E-state index contributed by atoms with van der Waals surface area (Å²) in [7, 11) is 3.48. The van der Waals surface area contributed by atoms with Gasteiger partial charge in [-0.15, -0.1) is 5.10 Å². The standard InChI is InChI=1S/C19H29N5O2/c1-11-14(8-9-16(25)22-15-7-5-6-13(15)10-20)12(2)21-18-17(11)19(26-4)23-24(18)3/h13,15H,5-10,20H2,1-4H3,(H,22,25). The summed E-state index contributed by atoms with van der Waals surface area (Å²) < 4.78 is 7.13. The highest BCUT2D eigenvalue weighted by molar-refractivity contribution is 5.86. The van der Waals surface area contributed by atoms with Crippen LogP contribution < -0.4 is 15.8 Å².